The Morgan fingerprint density at radius 2 is 1.29 bits per heavy atom. The van der Waals surface area contributed by atoms with Gasteiger partial charge in [0.2, 0.25) is 0 Å². The summed E-state index contributed by atoms with van der Waals surface area (Å²) in [5, 5.41) is 12.0. The lowest BCUT2D eigenvalue weighted by molar-refractivity contribution is -0.123. The van der Waals surface area contributed by atoms with Gasteiger partial charge in [-0.15, -0.1) is 0 Å². The van der Waals surface area contributed by atoms with E-state index in [0.717, 1.165) is 16.8 Å². The first-order valence-corrected chi connectivity index (χ1v) is 5.83. The molecule has 0 fully saturated rings. The number of carbonyl (C=O) groups is 1. The van der Waals surface area contributed by atoms with Gasteiger partial charge in [0.1, 0.15) is 6.10 Å². The molecule has 3 nitrogen and oxygen atoms in total. The molecule has 0 spiro atoms. The molecule has 0 aromatic heterocycles. The lowest BCUT2D eigenvalue weighted by Gasteiger charge is -2.19. The third-order valence-electron chi connectivity index (χ3n) is 3.63. The van der Waals surface area contributed by atoms with E-state index in [4.69, 9.17) is 0 Å². The van der Waals surface area contributed by atoms with Gasteiger partial charge in [0.25, 0.3) is 5.91 Å². The van der Waals surface area contributed by atoms with Crippen molar-refractivity contribution in [1.29, 1.82) is 0 Å². The number of aliphatic hydroxyl groups excluding tert-OH is 1. The number of hydrogen-bond donors (Lipinski definition) is 2. The van der Waals surface area contributed by atoms with Gasteiger partial charge >= 0.3 is 0 Å². The smallest absolute Gasteiger partial charge is 0.252 e. The van der Waals surface area contributed by atoms with E-state index >= 15 is 0 Å². The van der Waals surface area contributed by atoms with E-state index in [2.05, 4.69) is 26.1 Å². The topological polar surface area (TPSA) is 49.3 Å². The van der Waals surface area contributed by atoms with Gasteiger partial charge in [-0.1, -0.05) is 0 Å². The van der Waals surface area contributed by atoms with Crippen LogP contribution in [-0.2, 0) is 4.79 Å². The maximum atomic E-state index is 11.6. The van der Waals surface area contributed by atoms with E-state index in [1.807, 2.05) is 13.8 Å². The molecule has 0 heterocycles. The summed E-state index contributed by atoms with van der Waals surface area (Å²) in [4.78, 5) is 11.6. The minimum Gasteiger partial charge on any atom is -0.384 e. The van der Waals surface area contributed by atoms with Crippen LogP contribution in [-0.4, -0.2) is 17.1 Å². The van der Waals surface area contributed by atoms with Crippen LogP contribution < -0.4 is 5.32 Å². The average Bonchev–Trinajstić information content (AvgIpc) is 2.29. The molecule has 1 atom stereocenters. The number of benzene rings is 1. The summed E-state index contributed by atoms with van der Waals surface area (Å²) in [6, 6.07) is 0. The molecular weight excluding hydrogens is 214 g/mol. The maximum Gasteiger partial charge on any atom is 0.252 e. The zero-order chi connectivity index (χ0) is 13.3. The van der Waals surface area contributed by atoms with E-state index in [1.165, 1.54) is 23.6 Å². The van der Waals surface area contributed by atoms with Crippen molar-refractivity contribution >= 4 is 11.6 Å². The second kappa shape index (κ2) is 4.88. The SMILES string of the molecule is Cc1c(C)c(C)c(NC(=O)C(C)O)c(C)c1C. The highest BCUT2D eigenvalue weighted by Crippen LogP contribution is 2.30. The monoisotopic (exact) mass is 235 g/mol. The van der Waals surface area contributed by atoms with Gasteiger partial charge in [-0.3, -0.25) is 4.79 Å². The first-order chi connectivity index (χ1) is 7.77. The number of aliphatic hydroxyl groups is 1. The highest BCUT2D eigenvalue weighted by molar-refractivity contribution is 5.95. The van der Waals surface area contributed by atoms with Gasteiger partial charge in [-0.25, -0.2) is 0 Å². The van der Waals surface area contributed by atoms with Crippen LogP contribution in [0, 0.1) is 34.6 Å². The summed E-state index contributed by atoms with van der Waals surface area (Å²) in [6.07, 6.45) is -0.990. The molecule has 0 saturated heterocycles. The lowest BCUT2D eigenvalue weighted by Crippen LogP contribution is -2.25. The molecule has 0 aliphatic heterocycles. The van der Waals surface area contributed by atoms with Crippen molar-refractivity contribution in [1.82, 2.24) is 0 Å². The number of nitrogens with one attached hydrogen (secondary N) is 1. The van der Waals surface area contributed by atoms with Crippen molar-refractivity contribution in [2.24, 2.45) is 0 Å². The first kappa shape index (κ1) is 13.7. The molecule has 1 aromatic rings. The van der Waals surface area contributed by atoms with E-state index < -0.39 is 6.10 Å². The van der Waals surface area contributed by atoms with Gasteiger partial charge in [0.05, 0.1) is 0 Å². The summed E-state index contributed by atoms with van der Waals surface area (Å²) < 4.78 is 0. The third kappa shape index (κ3) is 2.50. The molecule has 1 aromatic carbocycles. The number of amides is 1. The predicted octanol–water partition coefficient (Wildman–Crippen LogP) is 2.55. The number of rotatable bonds is 2. The minimum absolute atomic E-state index is 0.362. The molecule has 0 radical (unpaired) electrons. The Morgan fingerprint density at radius 3 is 1.65 bits per heavy atom. The van der Waals surface area contributed by atoms with Crippen LogP contribution in [0.3, 0.4) is 0 Å². The molecule has 2 N–H and O–H groups in total. The van der Waals surface area contributed by atoms with Crippen molar-refractivity contribution in [3.63, 3.8) is 0 Å². The summed E-state index contributed by atoms with van der Waals surface area (Å²) >= 11 is 0. The van der Waals surface area contributed by atoms with Crippen molar-refractivity contribution in [3.05, 3.63) is 27.8 Å². The van der Waals surface area contributed by atoms with Crippen LogP contribution in [0.15, 0.2) is 0 Å². The first-order valence-electron chi connectivity index (χ1n) is 5.83. The molecule has 0 bridgehead atoms. The Labute approximate surface area is 103 Å². The van der Waals surface area contributed by atoms with E-state index in [-0.39, 0.29) is 5.91 Å². The van der Waals surface area contributed by atoms with Gasteiger partial charge < -0.3 is 10.4 Å². The van der Waals surface area contributed by atoms with Gasteiger partial charge in [-0.05, 0) is 69.4 Å². The maximum absolute atomic E-state index is 11.6. The minimum atomic E-state index is -0.990. The fraction of sp³-hybridized carbons (Fsp3) is 0.500. The van der Waals surface area contributed by atoms with Crippen LogP contribution in [0.2, 0.25) is 0 Å². The van der Waals surface area contributed by atoms with Crippen LogP contribution >= 0.6 is 0 Å². The fourth-order valence-corrected chi connectivity index (χ4v) is 1.92. The Balaban J connectivity index is 3.30. The molecular formula is C14H21NO2. The molecule has 0 aliphatic carbocycles. The highest BCUT2D eigenvalue weighted by Gasteiger charge is 2.16. The zero-order valence-corrected chi connectivity index (χ0v) is 11.4. The van der Waals surface area contributed by atoms with Gasteiger partial charge in [0.15, 0.2) is 0 Å². The number of anilines is 1. The lowest BCUT2D eigenvalue weighted by atomic mass is 9.93. The predicted molar refractivity (Wildman–Crippen MR) is 70.4 cm³/mol. The molecule has 17 heavy (non-hydrogen) atoms. The Kier molecular flexibility index (Phi) is 3.94. The normalized spacial score (nSPS) is 12.4. The van der Waals surface area contributed by atoms with Crippen LogP contribution in [0.25, 0.3) is 0 Å². The summed E-state index contributed by atoms with van der Waals surface area (Å²) in [5.74, 6) is -0.362. The summed E-state index contributed by atoms with van der Waals surface area (Å²) in [6.45, 7) is 11.6. The fourth-order valence-electron chi connectivity index (χ4n) is 1.92. The largest absolute Gasteiger partial charge is 0.384 e. The van der Waals surface area contributed by atoms with E-state index in [9.17, 15) is 9.90 Å². The molecule has 0 aliphatic rings. The Morgan fingerprint density at radius 1 is 0.941 bits per heavy atom. The Hall–Kier alpha value is -1.35. The number of carbonyl (C=O) groups excluding carboxylic acids is 1. The van der Waals surface area contributed by atoms with E-state index in [0.29, 0.717) is 0 Å². The molecule has 3 heteroatoms. The summed E-state index contributed by atoms with van der Waals surface area (Å²) in [5.41, 5.74) is 6.61. The standard InChI is InChI=1S/C14H21NO2/c1-7-8(2)10(4)13(11(5)9(7)3)15-14(17)12(6)16/h12,16H,1-6H3,(H,15,17). The van der Waals surface area contributed by atoms with Crippen molar-refractivity contribution < 1.29 is 9.90 Å². The second-order valence-electron chi connectivity index (χ2n) is 4.67. The van der Waals surface area contributed by atoms with Crippen molar-refractivity contribution in [3.8, 4) is 0 Å². The van der Waals surface area contributed by atoms with Crippen LogP contribution in [0.5, 0.6) is 0 Å². The third-order valence-corrected chi connectivity index (χ3v) is 3.63. The second-order valence-corrected chi connectivity index (χ2v) is 4.67. The quantitative estimate of drug-likeness (QED) is 0.827. The van der Waals surface area contributed by atoms with Crippen molar-refractivity contribution in [2.45, 2.75) is 47.6 Å². The molecule has 1 rings (SSSR count). The molecule has 94 valence electrons. The van der Waals surface area contributed by atoms with Gasteiger partial charge in [0, 0.05) is 5.69 Å². The zero-order valence-electron chi connectivity index (χ0n) is 11.4. The van der Waals surface area contributed by atoms with Gasteiger partial charge in [-0.2, -0.15) is 0 Å². The molecule has 0 saturated carbocycles. The summed E-state index contributed by atoms with van der Waals surface area (Å²) in [7, 11) is 0. The van der Waals surface area contributed by atoms with E-state index in [1.54, 1.807) is 0 Å². The average molecular weight is 235 g/mol. The highest BCUT2D eigenvalue weighted by atomic mass is 16.3. The molecule has 1 unspecified atom stereocenters. The van der Waals surface area contributed by atoms with Crippen LogP contribution in [0.4, 0.5) is 5.69 Å². The van der Waals surface area contributed by atoms with Crippen LogP contribution in [0.1, 0.15) is 34.7 Å². The molecule has 1 amide bonds. The van der Waals surface area contributed by atoms with Crippen molar-refractivity contribution in [2.75, 3.05) is 5.32 Å². The number of hydrogen-bond acceptors (Lipinski definition) is 2. The Bertz CT molecular complexity index is 433.